The topological polar surface area (TPSA) is 90.0 Å². The van der Waals surface area contributed by atoms with Crippen molar-refractivity contribution in [3.05, 3.63) is 0 Å². The number of aliphatic carboxylic acids is 1. The first-order valence-electron chi connectivity index (χ1n) is 7.60. The summed E-state index contributed by atoms with van der Waals surface area (Å²) < 4.78 is 0. The fourth-order valence-electron chi connectivity index (χ4n) is 2.95. The summed E-state index contributed by atoms with van der Waals surface area (Å²) in [6.07, 6.45) is 3.43. The van der Waals surface area contributed by atoms with Gasteiger partial charge in [-0.3, -0.25) is 4.79 Å². The van der Waals surface area contributed by atoms with Gasteiger partial charge in [0.25, 0.3) is 0 Å². The third-order valence-corrected chi connectivity index (χ3v) is 4.22. The van der Waals surface area contributed by atoms with Crippen LogP contribution >= 0.6 is 0 Å². The minimum absolute atomic E-state index is 0.0934. The molecule has 0 aromatic carbocycles. The van der Waals surface area contributed by atoms with Crippen LogP contribution in [0.15, 0.2) is 0 Å². The second-order valence-corrected chi connectivity index (χ2v) is 5.71. The van der Waals surface area contributed by atoms with E-state index in [0.717, 1.165) is 19.3 Å². The number of piperazine rings is 1. The number of hydrogen-bond donors (Lipinski definition) is 2. The molecule has 118 valence electrons. The van der Waals surface area contributed by atoms with Gasteiger partial charge in [-0.2, -0.15) is 0 Å². The summed E-state index contributed by atoms with van der Waals surface area (Å²) in [4.78, 5) is 38.4. The van der Waals surface area contributed by atoms with Gasteiger partial charge in [0, 0.05) is 32.1 Å². The maximum Gasteiger partial charge on any atom is 0.326 e. The van der Waals surface area contributed by atoms with Crippen LogP contribution in [0.4, 0.5) is 4.79 Å². The Hall–Kier alpha value is -1.79. The minimum atomic E-state index is -0.994. The second-order valence-electron chi connectivity index (χ2n) is 5.71. The predicted molar refractivity (Wildman–Crippen MR) is 75.8 cm³/mol. The Morgan fingerprint density at radius 1 is 1.43 bits per heavy atom. The van der Waals surface area contributed by atoms with E-state index >= 15 is 0 Å². The zero-order valence-electron chi connectivity index (χ0n) is 12.4. The van der Waals surface area contributed by atoms with Crippen LogP contribution in [0.5, 0.6) is 0 Å². The molecule has 2 N–H and O–H groups in total. The first kappa shape index (κ1) is 15.6. The Labute approximate surface area is 124 Å². The third kappa shape index (κ3) is 3.65. The van der Waals surface area contributed by atoms with Gasteiger partial charge in [0.1, 0.15) is 6.04 Å². The molecule has 2 atom stereocenters. The van der Waals surface area contributed by atoms with Gasteiger partial charge in [0.2, 0.25) is 5.91 Å². The minimum Gasteiger partial charge on any atom is -0.480 e. The number of nitrogens with zero attached hydrogens (tertiary/aromatic N) is 2. The predicted octanol–water partition coefficient (Wildman–Crippen LogP) is 0.646. The Balaban J connectivity index is 1.88. The van der Waals surface area contributed by atoms with E-state index in [0.29, 0.717) is 32.5 Å². The molecule has 2 heterocycles. The lowest BCUT2D eigenvalue weighted by atomic mass is 10.1. The van der Waals surface area contributed by atoms with E-state index < -0.39 is 12.0 Å². The fraction of sp³-hybridized carbons (Fsp3) is 0.786. The lowest BCUT2D eigenvalue weighted by Crippen LogP contribution is -2.57. The smallest absolute Gasteiger partial charge is 0.326 e. The molecule has 0 aromatic rings. The highest BCUT2D eigenvalue weighted by Crippen LogP contribution is 2.22. The molecule has 2 saturated heterocycles. The molecule has 21 heavy (non-hydrogen) atoms. The van der Waals surface area contributed by atoms with Crippen molar-refractivity contribution in [1.29, 1.82) is 0 Å². The Kier molecular flexibility index (Phi) is 5.03. The molecule has 0 spiro atoms. The third-order valence-electron chi connectivity index (χ3n) is 4.22. The Morgan fingerprint density at radius 3 is 2.86 bits per heavy atom. The highest BCUT2D eigenvalue weighted by molar-refractivity contribution is 5.83. The molecular formula is C14H23N3O4. The van der Waals surface area contributed by atoms with Gasteiger partial charge < -0.3 is 20.2 Å². The number of unbranched alkanes of at least 4 members (excludes halogenated alkanes) is 1. The van der Waals surface area contributed by atoms with Crippen molar-refractivity contribution in [3.63, 3.8) is 0 Å². The molecule has 2 aliphatic rings. The van der Waals surface area contributed by atoms with E-state index in [-0.39, 0.29) is 18.0 Å². The standard InChI is InChI=1S/C14H23N3O4/c1-2-3-4-11(13(19)20)15-14(21)16-7-8-17-10(9-16)5-6-12(17)18/h10-11H,2-9H2,1H3,(H,15,21)(H,19,20)/t10?,11-/m0/s1. The number of carbonyl (C=O) groups excluding carboxylic acids is 2. The normalized spacial score (nSPS) is 22.9. The monoisotopic (exact) mass is 297 g/mol. The summed E-state index contributed by atoms with van der Waals surface area (Å²) in [5.74, 6) is -0.835. The van der Waals surface area contributed by atoms with Crippen LogP contribution in [0.3, 0.4) is 0 Å². The van der Waals surface area contributed by atoms with Gasteiger partial charge >= 0.3 is 12.0 Å². The molecule has 0 radical (unpaired) electrons. The van der Waals surface area contributed by atoms with Crippen LogP contribution in [0.2, 0.25) is 0 Å². The average molecular weight is 297 g/mol. The van der Waals surface area contributed by atoms with Crippen LogP contribution in [0.1, 0.15) is 39.0 Å². The quantitative estimate of drug-likeness (QED) is 0.779. The van der Waals surface area contributed by atoms with Gasteiger partial charge in [-0.25, -0.2) is 9.59 Å². The first-order valence-corrected chi connectivity index (χ1v) is 7.60. The molecule has 3 amide bonds. The van der Waals surface area contributed by atoms with E-state index in [2.05, 4.69) is 5.32 Å². The highest BCUT2D eigenvalue weighted by atomic mass is 16.4. The summed E-state index contributed by atoms with van der Waals surface area (Å²) in [6, 6.07) is -1.07. The van der Waals surface area contributed by atoms with Crippen LogP contribution < -0.4 is 5.32 Å². The Morgan fingerprint density at radius 2 is 2.19 bits per heavy atom. The highest BCUT2D eigenvalue weighted by Gasteiger charge is 2.37. The largest absolute Gasteiger partial charge is 0.480 e. The molecule has 0 bridgehead atoms. The van der Waals surface area contributed by atoms with Crippen LogP contribution in [-0.2, 0) is 9.59 Å². The van der Waals surface area contributed by atoms with Crippen LogP contribution in [0.25, 0.3) is 0 Å². The van der Waals surface area contributed by atoms with E-state index in [1.807, 2.05) is 11.8 Å². The molecule has 7 heteroatoms. The molecule has 0 aliphatic carbocycles. The Bertz CT molecular complexity index is 426. The number of fused-ring (bicyclic) bond motifs is 1. The number of rotatable bonds is 5. The number of carboxylic acids is 1. The van der Waals surface area contributed by atoms with Gasteiger partial charge in [0.05, 0.1) is 0 Å². The molecule has 7 nitrogen and oxygen atoms in total. The van der Waals surface area contributed by atoms with E-state index in [9.17, 15) is 14.4 Å². The summed E-state index contributed by atoms with van der Waals surface area (Å²) in [6.45, 7) is 3.49. The average Bonchev–Trinajstić information content (AvgIpc) is 2.84. The van der Waals surface area contributed by atoms with Crippen molar-refractivity contribution in [2.24, 2.45) is 0 Å². The lowest BCUT2D eigenvalue weighted by molar-refractivity contribution is -0.139. The van der Waals surface area contributed by atoms with Gasteiger partial charge in [-0.05, 0) is 12.8 Å². The maximum absolute atomic E-state index is 12.2. The summed E-state index contributed by atoms with van der Waals surface area (Å²) in [5.41, 5.74) is 0. The van der Waals surface area contributed by atoms with Crippen molar-refractivity contribution >= 4 is 17.9 Å². The number of urea groups is 1. The first-order chi connectivity index (χ1) is 10.0. The van der Waals surface area contributed by atoms with Crippen molar-refractivity contribution in [1.82, 2.24) is 15.1 Å². The lowest BCUT2D eigenvalue weighted by Gasteiger charge is -2.37. The SMILES string of the molecule is CCCC[C@H](NC(=O)N1CCN2C(=O)CCC2C1)C(=O)O. The van der Waals surface area contributed by atoms with Crippen molar-refractivity contribution in [2.75, 3.05) is 19.6 Å². The van der Waals surface area contributed by atoms with E-state index in [1.165, 1.54) is 0 Å². The number of amides is 3. The maximum atomic E-state index is 12.2. The van der Waals surface area contributed by atoms with Crippen LogP contribution in [0, 0.1) is 0 Å². The fourth-order valence-corrected chi connectivity index (χ4v) is 2.95. The van der Waals surface area contributed by atoms with Gasteiger partial charge in [-0.15, -0.1) is 0 Å². The molecule has 0 saturated carbocycles. The van der Waals surface area contributed by atoms with E-state index in [1.54, 1.807) is 4.90 Å². The van der Waals surface area contributed by atoms with Crippen molar-refractivity contribution < 1.29 is 19.5 Å². The molecule has 2 rings (SSSR count). The number of hydrogen-bond acceptors (Lipinski definition) is 3. The molecule has 2 fully saturated rings. The zero-order chi connectivity index (χ0) is 15.4. The summed E-state index contributed by atoms with van der Waals surface area (Å²) in [5, 5.41) is 11.7. The number of carboxylic acid groups (broad SMARTS) is 1. The van der Waals surface area contributed by atoms with Crippen molar-refractivity contribution in [3.8, 4) is 0 Å². The summed E-state index contributed by atoms with van der Waals surface area (Å²) >= 11 is 0. The number of nitrogens with one attached hydrogen (secondary N) is 1. The van der Waals surface area contributed by atoms with E-state index in [4.69, 9.17) is 5.11 Å². The molecule has 2 aliphatic heterocycles. The van der Waals surface area contributed by atoms with Gasteiger partial charge in [0.15, 0.2) is 0 Å². The molecule has 1 unspecified atom stereocenters. The molecular weight excluding hydrogens is 274 g/mol. The van der Waals surface area contributed by atoms with Crippen LogP contribution in [-0.4, -0.2) is 64.5 Å². The van der Waals surface area contributed by atoms with Gasteiger partial charge in [-0.1, -0.05) is 19.8 Å². The van der Waals surface area contributed by atoms with Crippen molar-refractivity contribution in [2.45, 2.75) is 51.1 Å². The zero-order valence-corrected chi connectivity index (χ0v) is 12.4. The number of carbonyl (C=O) groups is 3. The second kappa shape index (κ2) is 6.78. The molecule has 0 aromatic heterocycles. The summed E-state index contributed by atoms with van der Waals surface area (Å²) in [7, 11) is 0.